The van der Waals surface area contributed by atoms with Crippen molar-refractivity contribution in [1.82, 2.24) is 10.6 Å². The number of carbonyl (C=O) groups is 2. The van der Waals surface area contributed by atoms with Gasteiger partial charge in [0.25, 0.3) is 0 Å². The molecule has 0 fully saturated rings. The quantitative estimate of drug-likeness (QED) is 0.488. The summed E-state index contributed by atoms with van der Waals surface area (Å²) >= 11 is 1.46. The van der Waals surface area contributed by atoms with Gasteiger partial charge in [0.05, 0.1) is 12.7 Å². The molecule has 18 heavy (non-hydrogen) atoms. The van der Waals surface area contributed by atoms with Gasteiger partial charge in [0.1, 0.15) is 0 Å². The van der Waals surface area contributed by atoms with E-state index in [4.69, 9.17) is 4.74 Å². The summed E-state index contributed by atoms with van der Waals surface area (Å²) in [5, 5.41) is 18.1. The van der Waals surface area contributed by atoms with Gasteiger partial charge < -0.3 is 20.5 Å². The molecule has 0 saturated carbocycles. The molecule has 1 aromatic rings. The molecule has 1 aromatic heterocycles. The molecule has 1 rings (SSSR count). The van der Waals surface area contributed by atoms with Crippen molar-refractivity contribution in [3.63, 3.8) is 0 Å². The normalized spacial score (nSPS) is 11.9. The lowest BCUT2D eigenvalue weighted by Crippen LogP contribution is -2.42. The third-order valence-electron chi connectivity index (χ3n) is 2.18. The summed E-state index contributed by atoms with van der Waals surface area (Å²) in [6.07, 6.45) is -0.799. The van der Waals surface area contributed by atoms with Crippen molar-refractivity contribution >= 4 is 23.2 Å². The van der Waals surface area contributed by atoms with E-state index in [9.17, 15) is 14.7 Å². The highest BCUT2D eigenvalue weighted by atomic mass is 32.1. The summed E-state index contributed by atoms with van der Waals surface area (Å²) in [5.74, 6) is -1.50. The molecular formula is C11H16N2O4S. The van der Waals surface area contributed by atoms with Gasteiger partial charge >= 0.3 is 11.8 Å². The molecule has 1 heterocycles. The summed E-state index contributed by atoms with van der Waals surface area (Å²) in [6, 6.07) is 1.76. The van der Waals surface area contributed by atoms with Gasteiger partial charge in [-0.1, -0.05) is 0 Å². The maximum atomic E-state index is 11.3. The summed E-state index contributed by atoms with van der Waals surface area (Å²) in [6.45, 7) is 0.625. The Labute approximate surface area is 109 Å². The highest BCUT2D eigenvalue weighted by Gasteiger charge is 2.15. The van der Waals surface area contributed by atoms with Gasteiger partial charge in [0.15, 0.2) is 0 Å². The van der Waals surface area contributed by atoms with Gasteiger partial charge in [-0.15, -0.1) is 0 Å². The first kappa shape index (κ1) is 14.6. The fraction of sp³-hybridized carbons (Fsp3) is 0.455. The van der Waals surface area contributed by atoms with E-state index in [0.717, 1.165) is 5.56 Å². The van der Waals surface area contributed by atoms with Crippen LogP contribution in [0.4, 0.5) is 0 Å². The molecule has 100 valence electrons. The van der Waals surface area contributed by atoms with Crippen LogP contribution in [0.2, 0.25) is 0 Å². The largest absolute Gasteiger partial charge is 0.387 e. The van der Waals surface area contributed by atoms with Crippen LogP contribution in [0.1, 0.15) is 11.7 Å². The number of hydrogen-bond donors (Lipinski definition) is 3. The highest BCUT2D eigenvalue weighted by molar-refractivity contribution is 7.07. The van der Waals surface area contributed by atoms with Crippen LogP contribution in [0.3, 0.4) is 0 Å². The number of amides is 2. The van der Waals surface area contributed by atoms with Crippen molar-refractivity contribution < 1.29 is 19.4 Å². The van der Waals surface area contributed by atoms with Crippen molar-refractivity contribution in [2.24, 2.45) is 0 Å². The van der Waals surface area contributed by atoms with E-state index in [-0.39, 0.29) is 13.1 Å². The number of carbonyl (C=O) groups excluding carboxylic acids is 2. The molecule has 0 bridgehead atoms. The number of nitrogens with one attached hydrogen (secondary N) is 2. The number of aliphatic hydroxyl groups is 1. The monoisotopic (exact) mass is 272 g/mol. The molecule has 0 aromatic carbocycles. The number of rotatable bonds is 6. The second kappa shape index (κ2) is 7.80. The van der Waals surface area contributed by atoms with Gasteiger partial charge in [0, 0.05) is 20.2 Å². The van der Waals surface area contributed by atoms with E-state index in [1.807, 2.05) is 5.38 Å². The molecular weight excluding hydrogens is 256 g/mol. The third kappa shape index (κ3) is 4.82. The molecule has 2 amide bonds. The molecule has 0 spiro atoms. The number of methoxy groups -OCH3 is 1. The van der Waals surface area contributed by atoms with E-state index >= 15 is 0 Å². The number of aliphatic hydroxyl groups excluding tert-OH is 1. The van der Waals surface area contributed by atoms with Gasteiger partial charge in [0.2, 0.25) is 0 Å². The van der Waals surface area contributed by atoms with Gasteiger partial charge in [-0.3, -0.25) is 9.59 Å². The van der Waals surface area contributed by atoms with E-state index < -0.39 is 17.9 Å². The molecule has 0 radical (unpaired) electrons. The second-order valence-corrected chi connectivity index (χ2v) is 4.31. The Morgan fingerprint density at radius 1 is 1.44 bits per heavy atom. The van der Waals surface area contributed by atoms with Crippen molar-refractivity contribution in [2.45, 2.75) is 6.10 Å². The standard InChI is InChI=1S/C11H16N2O4S/c1-17-4-3-12-10(15)11(16)13-6-9(14)8-2-5-18-7-8/h2,5,7,9,14H,3-4,6H2,1H3,(H,12,15)(H,13,16)/t9-/m0/s1. The fourth-order valence-electron chi connectivity index (χ4n) is 1.20. The lowest BCUT2D eigenvalue weighted by Gasteiger charge is -2.10. The Morgan fingerprint density at radius 2 is 2.17 bits per heavy atom. The predicted octanol–water partition coefficient (Wildman–Crippen LogP) is -0.340. The van der Waals surface area contributed by atoms with Crippen LogP contribution >= 0.6 is 11.3 Å². The Hall–Kier alpha value is -1.44. The van der Waals surface area contributed by atoms with Gasteiger partial charge in [-0.05, 0) is 22.4 Å². The minimum Gasteiger partial charge on any atom is -0.387 e. The summed E-state index contributed by atoms with van der Waals surface area (Å²) in [7, 11) is 1.50. The number of thiophene rings is 1. The second-order valence-electron chi connectivity index (χ2n) is 3.53. The Kier molecular flexibility index (Phi) is 6.34. The summed E-state index contributed by atoms with van der Waals surface area (Å²) in [4.78, 5) is 22.6. The van der Waals surface area contributed by atoms with Crippen molar-refractivity contribution in [3.8, 4) is 0 Å². The average molecular weight is 272 g/mol. The van der Waals surface area contributed by atoms with Gasteiger partial charge in [-0.25, -0.2) is 0 Å². The van der Waals surface area contributed by atoms with Crippen LogP contribution in [0.25, 0.3) is 0 Å². The maximum absolute atomic E-state index is 11.3. The minimum absolute atomic E-state index is 0.00721. The molecule has 0 aliphatic rings. The molecule has 6 nitrogen and oxygen atoms in total. The van der Waals surface area contributed by atoms with E-state index in [2.05, 4.69) is 10.6 Å². The molecule has 0 saturated heterocycles. The first-order valence-electron chi connectivity index (χ1n) is 5.40. The van der Waals surface area contributed by atoms with Gasteiger partial charge in [-0.2, -0.15) is 11.3 Å². The zero-order chi connectivity index (χ0) is 13.4. The zero-order valence-electron chi connectivity index (χ0n) is 10.0. The molecule has 0 aliphatic heterocycles. The Bertz CT molecular complexity index is 380. The highest BCUT2D eigenvalue weighted by Crippen LogP contribution is 2.14. The van der Waals surface area contributed by atoms with E-state index in [0.29, 0.717) is 6.61 Å². The Balaban J connectivity index is 2.26. The van der Waals surface area contributed by atoms with Crippen LogP contribution in [-0.4, -0.2) is 43.7 Å². The molecule has 7 heteroatoms. The molecule has 0 unspecified atom stereocenters. The minimum atomic E-state index is -0.799. The lowest BCUT2D eigenvalue weighted by molar-refractivity contribution is -0.139. The van der Waals surface area contributed by atoms with Crippen LogP contribution in [0, 0.1) is 0 Å². The molecule has 0 aliphatic carbocycles. The Morgan fingerprint density at radius 3 is 2.78 bits per heavy atom. The smallest absolute Gasteiger partial charge is 0.309 e. The predicted molar refractivity (Wildman–Crippen MR) is 67.2 cm³/mol. The van der Waals surface area contributed by atoms with Crippen molar-refractivity contribution in [3.05, 3.63) is 22.4 Å². The number of ether oxygens (including phenoxy) is 1. The van der Waals surface area contributed by atoms with Crippen LogP contribution in [-0.2, 0) is 14.3 Å². The maximum Gasteiger partial charge on any atom is 0.309 e. The summed E-state index contributed by atoms with van der Waals surface area (Å²) in [5.41, 5.74) is 0.722. The summed E-state index contributed by atoms with van der Waals surface area (Å²) < 4.78 is 4.73. The number of hydrogen-bond acceptors (Lipinski definition) is 5. The third-order valence-corrected chi connectivity index (χ3v) is 2.88. The first-order valence-corrected chi connectivity index (χ1v) is 6.34. The van der Waals surface area contributed by atoms with Crippen LogP contribution < -0.4 is 10.6 Å². The molecule has 1 atom stereocenters. The van der Waals surface area contributed by atoms with E-state index in [1.54, 1.807) is 11.4 Å². The first-order chi connectivity index (χ1) is 8.65. The van der Waals surface area contributed by atoms with Crippen molar-refractivity contribution in [2.75, 3.05) is 26.8 Å². The van der Waals surface area contributed by atoms with E-state index in [1.165, 1.54) is 18.4 Å². The fourth-order valence-corrected chi connectivity index (χ4v) is 1.91. The lowest BCUT2D eigenvalue weighted by atomic mass is 10.2. The van der Waals surface area contributed by atoms with Crippen LogP contribution in [0.15, 0.2) is 16.8 Å². The SMILES string of the molecule is COCCNC(=O)C(=O)NC[C@H](O)c1ccsc1. The molecule has 3 N–H and O–H groups in total. The average Bonchev–Trinajstić information content (AvgIpc) is 2.89. The topological polar surface area (TPSA) is 87.7 Å². The van der Waals surface area contributed by atoms with Crippen molar-refractivity contribution in [1.29, 1.82) is 0 Å². The zero-order valence-corrected chi connectivity index (χ0v) is 10.8. The van der Waals surface area contributed by atoms with Crippen LogP contribution in [0.5, 0.6) is 0 Å².